The van der Waals surface area contributed by atoms with Gasteiger partial charge in [0.05, 0.1) is 17.1 Å². The van der Waals surface area contributed by atoms with Gasteiger partial charge in [-0.25, -0.2) is 22.5 Å². The summed E-state index contributed by atoms with van der Waals surface area (Å²) in [5, 5.41) is 2.71. The van der Waals surface area contributed by atoms with Crippen molar-refractivity contribution < 1.29 is 17.6 Å². The second-order valence-corrected chi connectivity index (χ2v) is 7.77. The van der Waals surface area contributed by atoms with Crippen LogP contribution in [-0.4, -0.2) is 30.3 Å². The molecule has 0 radical (unpaired) electrons. The van der Waals surface area contributed by atoms with Gasteiger partial charge in [0, 0.05) is 24.9 Å². The Morgan fingerprint density at radius 1 is 1.19 bits per heavy atom. The van der Waals surface area contributed by atoms with Crippen LogP contribution in [0.5, 0.6) is 0 Å². The first-order valence-electron chi connectivity index (χ1n) is 8.31. The summed E-state index contributed by atoms with van der Waals surface area (Å²) in [6.07, 6.45) is 1.83. The smallest absolute Gasteiger partial charge is 0.240 e. The van der Waals surface area contributed by atoms with Gasteiger partial charge in [-0.05, 0) is 43.3 Å². The van der Waals surface area contributed by atoms with Crippen LogP contribution in [0.2, 0.25) is 0 Å². The molecule has 0 saturated heterocycles. The van der Waals surface area contributed by atoms with E-state index in [4.69, 9.17) is 0 Å². The average Bonchev–Trinajstić information content (AvgIpc) is 3.05. The lowest BCUT2D eigenvalue weighted by Crippen LogP contribution is -2.30. The van der Waals surface area contributed by atoms with E-state index in [0.29, 0.717) is 5.69 Å². The number of halogens is 1. The first-order valence-corrected chi connectivity index (χ1v) is 9.79. The molecule has 2 N–H and O–H groups in total. The fraction of sp³-hybridized carbons (Fsp3) is 0.222. The quantitative estimate of drug-likeness (QED) is 0.643. The molecule has 0 unspecified atom stereocenters. The number of nitrogens with one attached hydrogen (secondary N) is 2. The molecule has 1 amide bonds. The number of fused-ring (bicyclic) bond motifs is 1. The molecule has 0 aliphatic rings. The van der Waals surface area contributed by atoms with E-state index in [1.807, 2.05) is 35.7 Å². The number of nitrogens with zero attached hydrogens (tertiary/aromatic N) is 2. The Balaban J connectivity index is 1.49. The molecule has 0 aliphatic carbocycles. The molecule has 2 aromatic heterocycles. The number of carbonyl (C=O) groups is 1. The number of amides is 1. The molecule has 0 fully saturated rings. The van der Waals surface area contributed by atoms with E-state index in [-0.39, 0.29) is 30.3 Å². The second-order valence-electron chi connectivity index (χ2n) is 6.01. The van der Waals surface area contributed by atoms with Crippen molar-refractivity contribution in [3.8, 4) is 0 Å². The number of aromatic nitrogens is 2. The number of sulfonamides is 1. The maximum Gasteiger partial charge on any atom is 0.240 e. The molecular formula is C18H19FN4O3S. The summed E-state index contributed by atoms with van der Waals surface area (Å²) < 4.78 is 41.2. The Morgan fingerprint density at radius 3 is 2.63 bits per heavy atom. The van der Waals surface area contributed by atoms with Gasteiger partial charge in [-0.1, -0.05) is 6.07 Å². The molecule has 1 aromatic carbocycles. The number of benzene rings is 1. The maximum atomic E-state index is 12.9. The Bertz CT molecular complexity index is 1060. The third kappa shape index (κ3) is 4.69. The van der Waals surface area contributed by atoms with Gasteiger partial charge in [-0.15, -0.1) is 0 Å². The van der Waals surface area contributed by atoms with E-state index < -0.39 is 15.8 Å². The van der Waals surface area contributed by atoms with Crippen molar-refractivity contribution >= 4 is 21.6 Å². The van der Waals surface area contributed by atoms with Crippen molar-refractivity contribution in [2.75, 3.05) is 6.54 Å². The maximum absolute atomic E-state index is 12.9. The monoisotopic (exact) mass is 390 g/mol. The lowest BCUT2D eigenvalue weighted by Gasteiger charge is -2.07. The summed E-state index contributed by atoms with van der Waals surface area (Å²) in [5.41, 5.74) is 2.55. The van der Waals surface area contributed by atoms with Crippen molar-refractivity contribution in [1.82, 2.24) is 19.4 Å². The molecule has 0 aliphatic heterocycles. The zero-order valence-electron chi connectivity index (χ0n) is 14.6. The summed E-state index contributed by atoms with van der Waals surface area (Å²) in [4.78, 5) is 16.3. The van der Waals surface area contributed by atoms with E-state index in [2.05, 4.69) is 15.0 Å². The summed E-state index contributed by atoms with van der Waals surface area (Å²) >= 11 is 0. The number of rotatable bonds is 7. The molecular weight excluding hydrogens is 371 g/mol. The van der Waals surface area contributed by atoms with Crippen LogP contribution in [0.1, 0.15) is 17.8 Å². The van der Waals surface area contributed by atoms with E-state index in [1.165, 1.54) is 12.1 Å². The number of hydrogen-bond donors (Lipinski definition) is 2. The molecule has 9 heteroatoms. The van der Waals surface area contributed by atoms with Gasteiger partial charge in [0.15, 0.2) is 0 Å². The van der Waals surface area contributed by atoms with Crippen LogP contribution in [0.25, 0.3) is 5.65 Å². The molecule has 3 aromatic rings. The minimum Gasteiger partial charge on any atom is -0.350 e. The highest BCUT2D eigenvalue weighted by Crippen LogP contribution is 2.10. The topological polar surface area (TPSA) is 92.6 Å². The Labute approximate surface area is 156 Å². The van der Waals surface area contributed by atoms with E-state index in [9.17, 15) is 17.6 Å². The average molecular weight is 390 g/mol. The standard InChI is InChI=1S/C18H19FN4O3S/c1-13-3-2-4-17-22-15(12-23(13)17)11-20-18(24)9-10-21-27(25,26)16-7-5-14(19)6-8-16/h2-8,12,21H,9-11H2,1H3,(H,20,24). The molecule has 0 saturated carbocycles. The van der Waals surface area contributed by atoms with E-state index in [0.717, 1.165) is 23.5 Å². The summed E-state index contributed by atoms with van der Waals surface area (Å²) in [5.74, 6) is -0.818. The van der Waals surface area contributed by atoms with E-state index in [1.54, 1.807) is 0 Å². The van der Waals surface area contributed by atoms with Crippen molar-refractivity contribution in [3.63, 3.8) is 0 Å². The van der Waals surface area contributed by atoms with Crippen LogP contribution >= 0.6 is 0 Å². The highest BCUT2D eigenvalue weighted by molar-refractivity contribution is 7.89. The number of pyridine rings is 1. The number of carbonyl (C=O) groups excluding carboxylic acids is 1. The van der Waals surface area contributed by atoms with Crippen LogP contribution in [0, 0.1) is 12.7 Å². The normalized spacial score (nSPS) is 11.6. The highest BCUT2D eigenvalue weighted by Gasteiger charge is 2.14. The first-order chi connectivity index (χ1) is 12.8. The van der Waals surface area contributed by atoms with Gasteiger partial charge >= 0.3 is 0 Å². The summed E-state index contributed by atoms with van der Waals surface area (Å²) in [6, 6.07) is 10.2. The van der Waals surface area contributed by atoms with Crippen LogP contribution < -0.4 is 10.0 Å². The molecule has 27 heavy (non-hydrogen) atoms. The Morgan fingerprint density at radius 2 is 1.93 bits per heavy atom. The van der Waals surface area contributed by atoms with Crippen LogP contribution in [0.15, 0.2) is 53.6 Å². The second kappa shape index (κ2) is 7.85. The van der Waals surface area contributed by atoms with Crippen LogP contribution in [-0.2, 0) is 21.4 Å². The minimum atomic E-state index is -3.77. The van der Waals surface area contributed by atoms with E-state index >= 15 is 0 Å². The van der Waals surface area contributed by atoms with Gasteiger partial charge < -0.3 is 9.72 Å². The number of hydrogen-bond acceptors (Lipinski definition) is 4. The van der Waals surface area contributed by atoms with Gasteiger partial charge in [0.2, 0.25) is 15.9 Å². The molecule has 0 spiro atoms. The summed E-state index contributed by atoms with van der Waals surface area (Å²) in [7, 11) is -3.77. The molecule has 7 nitrogen and oxygen atoms in total. The fourth-order valence-corrected chi connectivity index (χ4v) is 3.59. The van der Waals surface area contributed by atoms with Crippen molar-refractivity contribution in [2.45, 2.75) is 24.8 Å². The van der Waals surface area contributed by atoms with Gasteiger partial charge in [-0.3, -0.25) is 4.79 Å². The fourth-order valence-electron chi connectivity index (χ4n) is 2.56. The van der Waals surface area contributed by atoms with Crippen LogP contribution in [0.3, 0.4) is 0 Å². The van der Waals surface area contributed by atoms with Crippen molar-refractivity contribution in [2.24, 2.45) is 0 Å². The van der Waals surface area contributed by atoms with Gasteiger partial charge in [0.1, 0.15) is 11.5 Å². The molecule has 2 heterocycles. The predicted molar refractivity (Wildman–Crippen MR) is 98.0 cm³/mol. The minimum absolute atomic E-state index is 0.0210. The van der Waals surface area contributed by atoms with Crippen LogP contribution in [0.4, 0.5) is 4.39 Å². The first kappa shape index (κ1) is 19.0. The third-order valence-corrected chi connectivity index (χ3v) is 5.46. The largest absolute Gasteiger partial charge is 0.350 e. The van der Waals surface area contributed by atoms with Gasteiger partial charge in [0.25, 0.3) is 0 Å². The van der Waals surface area contributed by atoms with Gasteiger partial charge in [-0.2, -0.15) is 0 Å². The number of aryl methyl sites for hydroxylation is 1. The van der Waals surface area contributed by atoms with Crippen molar-refractivity contribution in [1.29, 1.82) is 0 Å². The SMILES string of the molecule is Cc1cccc2nc(CNC(=O)CCNS(=O)(=O)c3ccc(F)cc3)cn12. The van der Waals surface area contributed by atoms with Crippen molar-refractivity contribution in [3.05, 3.63) is 65.9 Å². The zero-order valence-corrected chi connectivity index (χ0v) is 15.5. The number of imidazole rings is 1. The molecule has 3 rings (SSSR count). The lowest BCUT2D eigenvalue weighted by molar-refractivity contribution is -0.121. The molecule has 0 atom stereocenters. The Hall–Kier alpha value is -2.78. The molecule has 0 bridgehead atoms. The summed E-state index contributed by atoms with van der Waals surface area (Å²) in [6.45, 7) is 2.16. The lowest BCUT2D eigenvalue weighted by atomic mass is 10.3. The predicted octanol–water partition coefficient (Wildman–Crippen LogP) is 1.77. The third-order valence-electron chi connectivity index (χ3n) is 3.98. The zero-order chi connectivity index (χ0) is 19.4. The molecule has 142 valence electrons. The highest BCUT2D eigenvalue weighted by atomic mass is 32.2. The Kier molecular flexibility index (Phi) is 5.52.